The van der Waals surface area contributed by atoms with Crippen molar-refractivity contribution in [1.82, 2.24) is 0 Å². The van der Waals surface area contributed by atoms with Gasteiger partial charge in [0.2, 0.25) is 0 Å². The molecule has 136 valence electrons. The molecule has 11 heteroatoms. The molecule has 0 bridgehead atoms. The first-order valence-corrected chi connectivity index (χ1v) is 10.3. The maximum atomic E-state index is 13.1. The van der Waals surface area contributed by atoms with E-state index in [9.17, 15) is 30.0 Å². The summed E-state index contributed by atoms with van der Waals surface area (Å²) in [5.41, 5.74) is -1.98. The van der Waals surface area contributed by atoms with E-state index in [0.29, 0.717) is 6.07 Å². The average Bonchev–Trinajstić information content (AvgIpc) is 2.47. The molecule has 0 unspecified atom stereocenters. The largest absolute Gasteiger partial charge is 0.418 e. The summed E-state index contributed by atoms with van der Waals surface area (Å²) in [4.78, 5) is -0.763. The van der Waals surface area contributed by atoms with Crippen LogP contribution in [0.2, 0.25) is 5.02 Å². The number of anilines is 1. The van der Waals surface area contributed by atoms with E-state index in [1.54, 1.807) is 0 Å². The maximum Gasteiger partial charge on any atom is 0.418 e. The number of rotatable bonds is 4. The monoisotopic (exact) mass is 413 g/mol. The Morgan fingerprint density at radius 2 is 1.56 bits per heavy atom. The summed E-state index contributed by atoms with van der Waals surface area (Å²) < 4.78 is 88.7. The highest BCUT2D eigenvalue weighted by molar-refractivity contribution is 7.93. The van der Waals surface area contributed by atoms with Crippen LogP contribution in [0.3, 0.4) is 0 Å². The van der Waals surface area contributed by atoms with Gasteiger partial charge in [-0.05, 0) is 36.4 Å². The molecule has 0 aliphatic rings. The summed E-state index contributed by atoms with van der Waals surface area (Å²) in [6.07, 6.45) is -3.95. The van der Waals surface area contributed by atoms with E-state index < -0.39 is 42.2 Å². The van der Waals surface area contributed by atoms with Gasteiger partial charge in [-0.1, -0.05) is 17.7 Å². The molecule has 0 saturated heterocycles. The van der Waals surface area contributed by atoms with Crippen molar-refractivity contribution in [2.45, 2.75) is 16.0 Å². The molecule has 0 fully saturated rings. The molecule has 0 heterocycles. The molecule has 0 spiro atoms. The Bertz CT molecular complexity index is 1020. The van der Waals surface area contributed by atoms with Crippen molar-refractivity contribution >= 4 is 37.1 Å². The zero-order chi connectivity index (χ0) is 19.0. The number of alkyl halides is 3. The summed E-state index contributed by atoms with van der Waals surface area (Å²) in [6.45, 7) is 0. The van der Waals surface area contributed by atoms with Crippen molar-refractivity contribution in [3.63, 3.8) is 0 Å². The zero-order valence-corrected chi connectivity index (χ0v) is 14.9. The number of hydrogen-bond acceptors (Lipinski definition) is 4. The van der Waals surface area contributed by atoms with Gasteiger partial charge >= 0.3 is 6.18 Å². The maximum absolute atomic E-state index is 13.1. The van der Waals surface area contributed by atoms with Gasteiger partial charge in [-0.2, -0.15) is 13.2 Å². The molecule has 0 aliphatic carbocycles. The fourth-order valence-electron chi connectivity index (χ4n) is 1.92. The van der Waals surface area contributed by atoms with Crippen molar-refractivity contribution < 1.29 is 30.0 Å². The normalized spacial score (nSPS) is 12.8. The van der Waals surface area contributed by atoms with Crippen LogP contribution in [-0.4, -0.2) is 23.1 Å². The number of hydrogen-bond donors (Lipinski definition) is 1. The van der Waals surface area contributed by atoms with Crippen LogP contribution in [0.25, 0.3) is 0 Å². The highest BCUT2D eigenvalue weighted by Gasteiger charge is 2.35. The van der Waals surface area contributed by atoms with E-state index in [4.69, 9.17) is 11.6 Å². The first-order chi connectivity index (χ1) is 11.3. The van der Waals surface area contributed by atoms with Gasteiger partial charge in [-0.25, -0.2) is 16.8 Å². The van der Waals surface area contributed by atoms with Crippen LogP contribution in [0, 0.1) is 0 Å². The molecule has 0 radical (unpaired) electrons. The molecule has 2 aromatic rings. The van der Waals surface area contributed by atoms with Gasteiger partial charge in [0.1, 0.15) is 0 Å². The van der Waals surface area contributed by atoms with E-state index in [1.807, 2.05) is 4.72 Å². The van der Waals surface area contributed by atoms with Gasteiger partial charge in [0.15, 0.2) is 9.84 Å². The molecule has 2 rings (SSSR count). The highest BCUT2D eigenvalue weighted by atomic mass is 35.5. The Morgan fingerprint density at radius 3 is 2.12 bits per heavy atom. The van der Waals surface area contributed by atoms with Gasteiger partial charge in [-0.3, -0.25) is 4.72 Å². The number of halogens is 4. The molecule has 0 saturated carbocycles. The van der Waals surface area contributed by atoms with Gasteiger partial charge < -0.3 is 0 Å². The molecule has 0 aliphatic heterocycles. The quantitative estimate of drug-likeness (QED) is 0.831. The van der Waals surface area contributed by atoms with Crippen LogP contribution in [0.5, 0.6) is 0 Å². The molecule has 0 amide bonds. The third-order valence-electron chi connectivity index (χ3n) is 3.08. The SMILES string of the molecule is CS(=O)(=O)c1cccc(S(=O)(=O)Nc2ccc(Cl)cc2C(F)(F)F)c1. The van der Waals surface area contributed by atoms with Gasteiger partial charge in [0, 0.05) is 11.3 Å². The lowest BCUT2D eigenvalue weighted by Gasteiger charge is -2.15. The highest BCUT2D eigenvalue weighted by Crippen LogP contribution is 2.37. The van der Waals surface area contributed by atoms with Crippen LogP contribution in [-0.2, 0) is 26.0 Å². The Morgan fingerprint density at radius 1 is 0.960 bits per heavy atom. The number of benzene rings is 2. The second-order valence-corrected chi connectivity index (χ2v) is 9.17. The van der Waals surface area contributed by atoms with Crippen molar-refractivity contribution in [3.8, 4) is 0 Å². The van der Waals surface area contributed by atoms with E-state index in [1.165, 1.54) is 12.1 Å². The molecule has 0 atom stereocenters. The smallest absolute Gasteiger partial charge is 0.279 e. The molecule has 5 nitrogen and oxygen atoms in total. The predicted octanol–water partition coefficient (Wildman–Crippen LogP) is 3.56. The van der Waals surface area contributed by atoms with Crippen LogP contribution >= 0.6 is 11.6 Å². The molecule has 25 heavy (non-hydrogen) atoms. The Balaban J connectivity index is 2.51. The third kappa shape index (κ3) is 4.65. The van der Waals surface area contributed by atoms with Crippen molar-refractivity contribution in [3.05, 3.63) is 53.1 Å². The number of sulfonamides is 1. The molecule has 0 aromatic heterocycles. The second-order valence-electron chi connectivity index (χ2n) is 5.04. The molecule has 1 N–H and O–H groups in total. The lowest BCUT2D eigenvalue weighted by atomic mass is 10.2. The lowest BCUT2D eigenvalue weighted by molar-refractivity contribution is -0.136. The van der Waals surface area contributed by atoms with E-state index >= 15 is 0 Å². The second kappa shape index (κ2) is 6.50. The standard InChI is InChI=1S/C14H11ClF3NO4S2/c1-24(20,21)10-3-2-4-11(8-10)25(22,23)19-13-6-5-9(15)7-12(13)14(16,17)18/h2-8,19H,1H3. The Kier molecular flexibility index (Phi) is 5.08. The summed E-state index contributed by atoms with van der Waals surface area (Å²) in [7, 11) is -8.13. The summed E-state index contributed by atoms with van der Waals surface area (Å²) >= 11 is 5.54. The van der Waals surface area contributed by atoms with Gasteiger partial charge in [0.25, 0.3) is 10.0 Å². The first-order valence-electron chi connectivity index (χ1n) is 6.50. The van der Waals surface area contributed by atoms with Crippen LogP contribution < -0.4 is 4.72 Å². The predicted molar refractivity (Wildman–Crippen MR) is 86.8 cm³/mol. The van der Waals surface area contributed by atoms with Gasteiger partial charge in [0.05, 0.1) is 21.0 Å². The summed E-state index contributed by atoms with van der Waals surface area (Å²) in [5.74, 6) is 0. The molecular formula is C14H11ClF3NO4S2. The summed E-state index contributed by atoms with van der Waals surface area (Å²) in [5, 5.41) is -0.214. The minimum atomic E-state index is -4.84. The Hall–Kier alpha value is -1.78. The van der Waals surface area contributed by atoms with Crippen molar-refractivity contribution in [2.24, 2.45) is 0 Å². The van der Waals surface area contributed by atoms with E-state index in [-0.39, 0.29) is 9.92 Å². The third-order valence-corrected chi connectivity index (χ3v) is 5.78. The van der Waals surface area contributed by atoms with E-state index in [2.05, 4.69) is 0 Å². The van der Waals surface area contributed by atoms with E-state index in [0.717, 1.165) is 30.5 Å². The van der Waals surface area contributed by atoms with Gasteiger partial charge in [-0.15, -0.1) is 0 Å². The molecular weight excluding hydrogens is 403 g/mol. The van der Waals surface area contributed by atoms with Crippen LogP contribution in [0.4, 0.5) is 18.9 Å². The minimum Gasteiger partial charge on any atom is -0.279 e. The lowest BCUT2D eigenvalue weighted by Crippen LogP contribution is -2.17. The number of nitrogens with one attached hydrogen (secondary N) is 1. The number of sulfone groups is 1. The topological polar surface area (TPSA) is 80.3 Å². The zero-order valence-electron chi connectivity index (χ0n) is 12.5. The van der Waals surface area contributed by atoms with Crippen LogP contribution in [0.15, 0.2) is 52.3 Å². The first kappa shape index (κ1) is 19.5. The van der Waals surface area contributed by atoms with Crippen molar-refractivity contribution in [2.75, 3.05) is 11.0 Å². The molecule has 2 aromatic carbocycles. The minimum absolute atomic E-state index is 0.214. The van der Waals surface area contributed by atoms with Crippen LogP contribution in [0.1, 0.15) is 5.56 Å². The average molecular weight is 414 g/mol. The Labute approximate surface area is 147 Å². The fraction of sp³-hybridized carbons (Fsp3) is 0.143. The van der Waals surface area contributed by atoms with Crippen molar-refractivity contribution in [1.29, 1.82) is 0 Å². The summed E-state index contributed by atoms with van der Waals surface area (Å²) in [6, 6.07) is 6.85. The fourth-order valence-corrected chi connectivity index (χ4v) is 3.95.